The molecule has 2 aromatic rings. The Balaban J connectivity index is 0.000000960. The fourth-order valence-corrected chi connectivity index (χ4v) is 4.35. The standard InChI is InChI=1S/C18H25N3.2ClH/c1-2-5-14(4-1)18(21-12-10-19-11-13-21)16-6-3-7-17-15(16)8-9-20-17;;/h3,6-9,14,18-20H,1-2,4-5,10-13H2;2*1H/t18-;;/m0../s1. The largest absolute Gasteiger partial charge is 0.361 e. The molecule has 5 heteroatoms. The molecule has 1 aromatic heterocycles. The lowest BCUT2D eigenvalue weighted by Crippen LogP contribution is -2.46. The van der Waals surface area contributed by atoms with Crippen molar-refractivity contribution in [1.29, 1.82) is 0 Å². The van der Waals surface area contributed by atoms with E-state index in [0.29, 0.717) is 6.04 Å². The molecule has 2 N–H and O–H groups in total. The van der Waals surface area contributed by atoms with Gasteiger partial charge in [-0.1, -0.05) is 25.0 Å². The number of aromatic nitrogens is 1. The van der Waals surface area contributed by atoms with Gasteiger partial charge in [-0.25, -0.2) is 0 Å². The Morgan fingerprint density at radius 1 is 1.00 bits per heavy atom. The molecule has 3 nitrogen and oxygen atoms in total. The molecule has 0 unspecified atom stereocenters. The first-order valence-electron chi connectivity index (χ1n) is 8.44. The second-order valence-corrected chi connectivity index (χ2v) is 6.56. The molecule has 2 aliphatic rings. The molecule has 1 saturated carbocycles. The van der Waals surface area contributed by atoms with Gasteiger partial charge in [0.1, 0.15) is 0 Å². The maximum absolute atomic E-state index is 3.50. The second-order valence-electron chi connectivity index (χ2n) is 6.56. The zero-order chi connectivity index (χ0) is 14.1. The fraction of sp³-hybridized carbons (Fsp3) is 0.556. The summed E-state index contributed by atoms with van der Waals surface area (Å²) < 4.78 is 0. The van der Waals surface area contributed by atoms with E-state index in [0.717, 1.165) is 19.0 Å². The summed E-state index contributed by atoms with van der Waals surface area (Å²) in [7, 11) is 0. The summed E-state index contributed by atoms with van der Waals surface area (Å²) in [6.07, 6.45) is 7.70. The number of hydrogen-bond donors (Lipinski definition) is 2. The van der Waals surface area contributed by atoms with E-state index < -0.39 is 0 Å². The molecule has 0 amide bonds. The van der Waals surface area contributed by atoms with Crippen molar-refractivity contribution in [3.63, 3.8) is 0 Å². The highest BCUT2D eigenvalue weighted by molar-refractivity contribution is 5.85. The molecular formula is C18H27Cl2N3. The lowest BCUT2D eigenvalue weighted by molar-refractivity contribution is 0.126. The number of hydrogen-bond acceptors (Lipinski definition) is 2. The van der Waals surface area contributed by atoms with Gasteiger partial charge in [0.2, 0.25) is 0 Å². The summed E-state index contributed by atoms with van der Waals surface area (Å²) >= 11 is 0. The van der Waals surface area contributed by atoms with Crippen molar-refractivity contribution in [2.24, 2.45) is 5.92 Å². The number of nitrogens with one attached hydrogen (secondary N) is 2. The van der Waals surface area contributed by atoms with Crippen molar-refractivity contribution in [3.8, 4) is 0 Å². The number of aromatic amines is 1. The van der Waals surface area contributed by atoms with Gasteiger partial charge >= 0.3 is 0 Å². The molecule has 1 atom stereocenters. The molecule has 1 aromatic carbocycles. The van der Waals surface area contributed by atoms with Crippen LogP contribution in [0.5, 0.6) is 0 Å². The number of H-pyrrole nitrogens is 1. The summed E-state index contributed by atoms with van der Waals surface area (Å²) in [6.45, 7) is 4.63. The van der Waals surface area contributed by atoms with Crippen LogP contribution >= 0.6 is 24.8 Å². The van der Waals surface area contributed by atoms with Crippen molar-refractivity contribution in [3.05, 3.63) is 36.0 Å². The zero-order valence-electron chi connectivity index (χ0n) is 13.5. The average Bonchev–Trinajstić information content (AvgIpc) is 3.20. The molecular weight excluding hydrogens is 329 g/mol. The third kappa shape index (κ3) is 3.69. The first-order valence-corrected chi connectivity index (χ1v) is 8.44. The number of piperazine rings is 1. The first-order chi connectivity index (χ1) is 10.4. The molecule has 0 bridgehead atoms. The molecule has 128 valence electrons. The second kappa shape index (κ2) is 8.39. The van der Waals surface area contributed by atoms with Gasteiger partial charge in [-0.05, 0) is 36.5 Å². The number of halogens is 2. The van der Waals surface area contributed by atoms with Crippen molar-refractivity contribution in [2.45, 2.75) is 31.7 Å². The SMILES string of the molecule is Cl.Cl.c1cc([C@H](C2CCCC2)N2CCNCC2)c2cc[nH]c2c1. The minimum atomic E-state index is 0. The number of rotatable bonds is 3. The van der Waals surface area contributed by atoms with Crippen LogP contribution in [0.2, 0.25) is 0 Å². The van der Waals surface area contributed by atoms with Crippen LogP contribution in [0.15, 0.2) is 30.5 Å². The summed E-state index contributed by atoms with van der Waals surface area (Å²) in [5.74, 6) is 0.837. The van der Waals surface area contributed by atoms with Crippen LogP contribution in [0, 0.1) is 5.92 Å². The van der Waals surface area contributed by atoms with Crippen molar-refractivity contribution in [1.82, 2.24) is 15.2 Å². The molecule has 4 rings (SSSR count). The first kappa shape index (κ1) is 18.6. The molecule has 23 heavy (non-hydrogen) atoms. The zero-order valence-corrected chi connectivity index (χ0v) is 15.1. The summed E-state index contributed by atoms with van der Waals surface area (Å²) in [5, 5.41) is 4.92. The predicted molar refractivity (Wildman–Crippen MR) is 102 cm³/mol. The van der Waals surface area contributed by atoms with E-state index in [4.69, 9.17) is 0 Å². The van der Waals surface area contributed by atoms with Crippen LogP contribution in [0.1, 0.15) is 37.3 Å². The molecule has 2 heterocycles. The van der Waals surface area contributed by atoms with Crippen LogP contribution in [0.3, 0.4) is 0 Å². The minimum absolute atomic E-state index is 0. The van der Waals surface area contributed by atoms with Gasteiger partial charge in [0.15, 0.2) is 0 Å². The van der Waals surface area contributed by atoms with E-state index in [-0.39, 0.29) is 24.8 Å². The van der Waals surface area contributed by atoms with E-state index in [1.165, 1.54) is 49.7 Å². The van der Waals surface area contributed by atoms with Crippen molar-refractivity contribution < 1.29 is 0 Å². The van der Waals surface area contributed by atoms with Gasteiger partial charge in [-0.15, -0.1) is 24.8 Å². The number of nitrogens with zero attached hydrogens (tertiary/aromatic N) is 1. The highest BCUT2D eigenvalue weighted by Crippen LogP contribution is 2.41. The van der Waals surface area contributed by atoms with E-state index in [1.54, 1.807) is 5.56 Å². The van der Waals surface area contributed by atoms with Gasteiger partial charge in [0.25, 0.3) is 0 Å². The maximum atomic E-state index is 3.50. The van der Waals surface area contributed by atoms with Crippen molar-refractivity contribution >= 4 is 35.7 Å². The lowest BCUT2D eigenvalue weighted by atomic mass is 9.88. The summed E-state index contributed by atoms with van der Waals surface area (Å²) in [5.41, 5.74) is 2.83. The van der Waals surface area contributed by atoms with Gasteiger partial charge in [-0.3, -0.25) is 4.90 Å². The number of benzene rings is 1. The average molecular weight is 356 g/mol. The van der Waals surface area contributed by atoms with Gasteiger partial charge in [0.05, 0.1) is 0 Å². The van der Waals surface area contributed by atoms with Crippen LogP contribution in [-0.2, 0) is 0 Å². The monoisotopic (exact) mass is 355 g/mol. The molecule has 1 saturated heterocycles. The number of fused-ring (bicyclic) bond motifs is 1. The molecule has 0 radical (unpaired) electrons. The molecule has 1 aliphatic heterocycles. The summed E-state index contributed by atoms with van der Waals surface area (Å²) in [4.78, 5) is 6.11. The molecule has 0 spiro atoms. The molecule has 1 aliphatic carbocycles. The third-order valence-electron chi connectivity index (χ3n) is 5.34. The Morgan fingerprint density at radius 3 is 2.48 bits per heavy atom. The Kier molecular flexibility index (Phi) is 6.78. The van der Waals surface area contributed by atoms with Crippen molar-refractivity contribution in [2.75, 3.05) is 26.2 Å². The fourth-order valence-electron chi connectivity index (χ4n) is 4.35. The maximum Gasteiger partial charge on any atom is 0.0457 e. The lowest BCUT2D eigenvalue weighted by Gasteiger charge is -2.39. The topological polar surface area (TPSA) is 31.1 Å². The normalized spacial score (nSPS) is 20.9. The predicted octanol–water partition coefficient (Wildman–Crippen LogP) is 4.15. The Morgan fingerprint density at radius 2 is 1.74 bits per heavy atom. The molecule has 2 fully saturated rings. The Bertz CT molecular complexity index is 601. The van der Waals surface area contributed by atoms with Gasteiger partial charge in [-0.2, -0.15) is 0 Å². The van der Waals surface area contributed by atoms with Crippen LogP contribution in [0.25, 0.3) is 10.9 Å². The highest BCUT2D eigenvalue weighted by atomic mass is 35.5. The van der Waals surface area contributed by atoms with Crippen LogP contribution in [0.4, 0.5) is 0 Å². The quantitative estimate of drug-likeness (QED) is 0.866. The van der Waals surface area contributed by atoms with Gasteiger partial charge in [0, 0.05) is 49.3 Å². The Hall–Kier alpha value is -0.740. The smallest absolute Gasteiger partial charge is 0.0457 e. The van der Waals surface area contributed by atoms with E-state index >= 15 is 0 Å². The van der Waals surface area contributed by atoms with Crippen LogP contribution < -0.4 is 5.32 Å². The van der Waals surface area contributed by atoms with Gasteiger partial charge < -0.3 is 10.3 Å². The Labute approximate surface area is 151 Å². The summed E-state index contributed by atoms with van der Waals surface area (Å²) in [6, 6.07) is 9.64. The highest BCUT2D eigenvalue weighted by Gasteiger charge is 2.32. The van der Waals surface area contributed by atoms with E-state index in [2.05, 4.69) is 45.7 Å². The van der Waals surface area contributed by atoms with E-state index in [1.807, 2.05) is 0 Å². The third-order valence-corrected chi connectivity index (χ3v) is 5.34. The minimum Gasteiger partial charge on any atom is -0.361 e. The van der Waals surface area contributed by atoms with Crippen LogP contribution in [-0.4, -0.2) is 36.1 Å². The van der Waals surface area contributed by atoms with E-state index in [9.17, 15) is 0 Å².